The molecule has 1 atom stereocenters. The lowest BCUT2D eigenvalue weighted by molar-refractivity contribution is -0.150. The lowest BCUT2D eigenvalue weighted by Gasteiger charge is -2.37. The summed E-state index contributed by atoms with van der Waals surface area (Å²) >= 11 is 1.47. The van der Waals surface area contributed by atoms with E-state index < -0.39 is 17.6 Å². The number of ether oxygens (including phenoxy) is 1. The van der Waals surface area contributed by atoms with Crippen LogP contribution in [0.4, 0.5) is 0 Å². The molecule has 0 bridgehead atoms. The second-order valence-corrected chi connectivity index (χ2v) is 10.7. The van der Waals surface area contributed by atoms with Gasteiger partial charge in [0.2, 0.25) is 5.91 Å². The first-order valence-electron chi connectivity index (χ1n) is 12.0. The third-order valence-corrected chi connectivity index (χ3v) is 6.76. The van der Waals surface area contributed by atoms with Crippen LogP contribution in [0, 0.1) is 6.92 Å². The number of fused-ring (bicyclic) bond motifs is 1. The second-order valence-electron chi connectivity index (χ2n) is 9.85. The van der Waals surface area contributed by atoms with Crippen LogP contribution in [-0.2, 0) is 20.7 Å². The van der Waals surface area contributed by atoms with Crippen molar-refractivity contribution in [1.82, 2.24) is 15.2 Å². The first-order chi connectivity index (χ1) is 17.1. The molecule has 36 heavy (non-hydrogen) atoms. The maximum absolute atomic E-state index is 13.4. The van der Waals surface area contributed by atoms with Crippen LogP contribution in [0.2, 0.25) is 0 Å². The summed E-state index contributed by atoms with van der Waals surface area (Å²) in [5.74, 6) is -0.486. The zero-order chi connectivity index (χ0) is 25.9. The van der Waals surface area contributed by atoms with Crippen molar-refractivity contribution < 1.29 is 14.3 Å². The van der Waals surface area contributed by atoms with E-state index in [1.165, 1.54) is 11.8 Å². The molecule has 2 aliphatic rings. The van der Waals surface area contributed by atoms with Gasteiger partial charge in [-0.2, -0.15) is 0 Å². The molecule has 1 amide bonds. The number of nitrogens with one attached hydrogen (secondary N) is 1. The van der Waals surface area contributed by atoms with Crippen molar-refractivity contribution in [3.63, 3.8) is 0 Å². The molecule has 0 fully saturated rings. The standard InChI is InChI=1S/C28H32N4O3S/c1-18-10-6-7-12-22(18)25-24(26(34)35-28(3,4)5)19(2)31-27-32(25)21(17-36-27)16-23(33)30-15-13-20-11-8-9-14-29-20/h6-12,14,17,25H,13,15-16H2,1-5H3,(H,30,33). The fraction of sp³-hybridized carbons (Fsp3) is 0.357. The molecule has 1 N–H and O–H groups in total. The third-order valence-electron chi connectivity index (χ3n) is 5.87. The molecular formula is C28H32N4O3S. The van der Waals surface area contributed by atoms with Crippen LogP contribution in [-0.4, -0.2) is 39.1 Å². The van der Waals surface area contributed by atoms with Crippen LogP contribution in [0.15, 0.2) is 76.0 Å². The maximum atomic E-state index is 13.4. The summed E-state index contributed by atoms with van der Waals surface area (Å²) in [6.07, 6.45) is 2.59. The summed E-state index contributed by atoms with van der Waals surface area (Å²) in [6.45, 7) is 9.94. The van der Waals surface area contributed by atoms with Crippen LogP contribution in [0.5, 0.6) is 0 Å². The highest BCUT2D eigenvalue weighted by Gasteiger charge is 2.42. The molecule has 7 nitrogen and oxygen atoms in total. The fourth-order valence-electron chi connectivity index (χ4n) is 4.25. The van der Waals surface area contributed by atoms with E-state index in [-0.39, 0.29) is 12.3 Å². The Balaban J connectivity index is 1.58. The number of nitrogens with zero attached hydrogens (tertiary/aromatic N) is 3. The molecular weight excluding hydrogens is 472 g/mol. The van der Waals surface area contributed by atoms with Crippen molar-refractivity contribution in [3.8, 4) is 0 Å². The van der Waals surface area contributed by atoms with Crippen LogP contribution in [0.1, 0.15) is 57.0 Å². The number of aryl methyl sites for hydroxylation is 1. The summed E-state index contributed by atoms with van der Waals surface area (Å²) in [5, 5.41) is 5.70. The highest BCUT2D eigenvalue weighted by Crippen LogP contribution is 2.45. The number of benzene rings is 1. The monoisotopic (exact) mass is 504 g/mol. The smallest absolute Gasteiger partial charge is 0.338 e. The number of amides is 1. The molecule has 1 aromatic carbocycles. The average Bonchev–Trinajstić information content (AvgIpc) is 3.20. The van der Waals surface area contributed by atoms with Crippen LogP contribution >= 0.6 is 11.8 Å². The summed E-state index contributed by atoms with van der Waals surface area (Å²) in [5.41, 5.74) is 4.24. The third kappa shape index (κ3) is 5.87. The van der Waals surface area contributed by atoms with E-state index in [9.17, 15) is 9.59 Å². The Labute approximate surface area is 216 Å². The van der Waals surface area contributed by atoms with Crippen LogP contribution in [0.25, 0.3) is 0 Å². The number of carbonyl (C=O) groups excluding carboxylic acids is 2. The maximum Gasteiger partial charge on any atom is 0.338 e. The molecule has 0 aliphatic carbocycles. The van der Waals surface area contributed by atoms with Gasteiger partial charge in [0, 0.05) is 30.6 Å². The van der Waals surface area contributed by atoms with Crippen molar-refractivity contribution in [3.05, 3.63) is 87.9 Å². The van der Waals surface area contributed by atoms with Crippen molar-refractivity contribution in [2.24, 2.45) is 4.99 Å². The molecule has 0 saturated heterocycles. The van der Waals surface area contributed by atoms with Crippen molar-refractivity contribution in [2.45, 2.75) is 59.1 Å². The molecule has 1 unspecified atom stereocenters. The number of aliphatic imine (C=N–C) groups is 1. The van der Waals surface area contributed by atoms with E-state index in [0.717, 1.165) is 27.7 Å². The Kier molecular flexibility index (Phi) is 7.64. The summed E-state index contributed by atoms with van der Waals surface area (Å²) in [7, 11) is 0. The number of esters is 1. The Bertz CT molecular complexity index is 1240. The quantitative estimate of drug-likeness (QED) is 0.531. The lowest BCUT2D eigenvalue weighted by atomic mass is 9.91. The number of thioether (sulfide) groups is 1. The Hall–Kier alpha value is -3.39. The molecule has 2 aliphatic heterocycles. The number of carbonyl (C=O) groups is 2. The summed E-state index contributed by atoms with van der Waals surface area (Å²) in [6, 6.07) is 13.3. The van der Waals surface area contributed by atoms with Crippen molar-refractivity contribution >= 4 is 28.8 Å². The van der Waals surface area contributed by atoms with Gasteiger partial charge in [0.05, 0.1) is 23.7 Å². The molecule has 0 spiro atoms. The first kappa shape index (κ1) is 25.7. The van der Waals surface area contributed by atoms with Gasteiger partial charge in [-0.3, -0.25) is 9.78 Å². The van der Waals surface area contributed by atoms with Gasteiger partial charge in [0.25, 0.3) is 0 Å². The predicted molar refractivity (Wildman–Crippen MR) is 143 cm³/mol. The fourth-order valence-corrected chi connectivity index (χ4v) is 5.22. The number of aromatic nitrogens is 1. The Morgan fingerprint density at radius 1 is 1.11 bits per heavy atom. The number of allylic oxidation sites excluding steroid dienone is 1. The highest BCUT2D eigenvalue weighted by molar-refractivity contribution is 8.16. The Morgan fingerprint density at radius 3 is 2.56 bits per heavy atom. The minimum Gasteiger partial charge on any atom is -0.456 e. The average molecular weight is 505 g/mol. The number of hydrogen-bond donors (Lipinski definition) is 1. The minimum atomic E-state index is -0.642. The molecule has 4 rings (SSSR count). The van der Waals surface area contributed by atoms with E-state index >= 15 is 0 Å². The van der Waals surface area contributed by atoms with Crippen molar-refractivity contribution in [2.75, 3.05) is 6.54 Å². The number of pyridine rings is 1. The van der Waals surface area contributed by atoms with Crippen LogP contribution < -0.4 is 5.32 Å². The second kappa shape index (κ2) is 10.7. The molecule has 0 saturated carbocycles. The molecule has 3 heterocycles. The zero-order valence-electron chi connectivity index (χ0n) is 21.4. The van der Waals surface area contributed by atoms with Gasteiger partial charge >= 0.3 is 5.97 Å². The molecule has 2 aromatic rings. The SMILES string of the molecule is CC1=C(C(=O)OC(C)(C)C)C(c2ccccc2C)N2C(CC(=O)NCCc3ccccn3)=CSC2=N1. The van der Waals surface area contributed by atoms with Gasteiger partial charge in [-0.1, -0.05) is 42.1 Å². The zero-order valence-corrected chi connectivity index (χ0v) is 22.2. The molecule has 1 aromatic heterocycles. The van der Waals surface area contributed by atoms with Gasteiger partial charge in [0.15, 0.2) is 5.17 Å². The van der Waals surface area contributed by atoms with Gasteiger partial charge < -0.3 is 15.0 Å². The van der Waals surface area contributed by atoms with Crippen molar-refractivity contribution in [1.29, 1.82) is 0 Å². The molecule has 0 radical (unpaired) electrons. The van der Waals surface area contributed by atoms with E-state index in [4.69, 9.17) is 9.73 Å². The molecule has 188 valence electrons. The number of amidine groups is 1. The summed E-state index contributed by atoms with van der Waals surface area (Å²) < 4.78 is 5.79. The number of hydrogen-bond acceptors (Lipinski definition) is 7. The van der Waals surface area contributed by atoms with Gasteiger partial charge in [-0.15, -0.1) is 0 Å². The highest BCUT2D eigenvalue weighted by atomic mass is 32.2. The predicted octanol–water partition coefficient (Wildman–Crippen LogP) is 5.06. The van der Waals surface area contributed by atoms with Crippen LogP contribution in [0.3, 0.4) is 0 Å². The van der Waals surface area contributed by atoms with E-state index in [1.807, 2.05) is 87.4 Å². The van der Waals surface area contributed by atoms with Gasteiger partial charge in [-0.05, 0) is 63.3 Å². The topological polar surface area (TPSA) is 83.9 Å². The largest absolute Gasteiger partial charge is 0.456 e. The van der Waals surface area contributed by atoms with E-state index in [1.54, 1.807) is 6.20 Å². The summed E-state index contributed by atoms with van der Waals surface area (Å²) in [4.78, 5) is 37.4. The Morgan fingerprint density at radius 2 is 1.86 bits per heavy atom. The number of rotatable bonds is 7. The van der Waals surface area contributed by atoms with E-state index in [0.29, 0.717) is 24.2 Å². The van der Waals surface area contributed by atoms with E-state index in [2.05, 4.69) is 10.3 Å². The normalized spacial score (nSPS) is 17.4. The van der Waals surface area contributed by atoms with Gasteiger partial charge in [0.1, 0.15) is 5.60 Å². The lowest BCUT2D eigenvalue weighted by Crippen LogP contribution is -2.39. The first-order valence-corrected chi connectivity index (χ1v) is 12.9. The minimum absolute atomic E-state index is 0.0901. The van der Waals surface area contributed by atoms with Gasteiger partial charge in [-0.25, -0.2) is 9.79 Å². The molecule has 8 heteroatoms.